The fourth-order valence-corrected chi connectivity index (χ4v) is 2.26. The van der Waals surface area contributed by atoms with Crippen molar-refractivity contribution in [1.29, 1.82) is 0 Å². The van der Waals surface area contributed by atoms with Crippen LogP contribution in [0.3, 0.4) is 0 Å². The van der Waals surface area contributed by atoms with Crippen molar-refractivity contribution in [2.75, 3.05) is 13.2 Å². The molecular weight excluding hydrogens is 365 g/mol. The number of hydrogen-bond acceptors (Lipinski definition) is 5. The highest BCUT2D eigenvalue weighted by molar-refractivity contribution is 5.94. The lowest BCUT2D eigenvalue weighted by Gasteiger charge is -2.08. The average Bonchev–Trinajstić information content (AvgIpc) is 2.69. The van der Waals surface area contributed by atoms with Gasteiger partial charge in [0.1, 0.15) is 11.6 Å². The van der Waals surface area contributed by atoms with Crippen LogP contribution in [0.25, 0.3) is 0 Å². The Kier molecular flexibility index (Phi) is 8.14. The minimum Gasteiger partial charge on any atom is -0.494 e. The van der Waals surface area contributed by atoms with E-state index < -0.39 is 11.9 Å². The predicted molar refractivity (Wildman–Crippen MR) is 100 cm³/mol. The van der Waals surface area contributed by atoms with Crippen molar-refractivity contribution in [3.63, 3.8) is 0 Å². The summed E-state index contributed by atoms with van der Waals surface area (Å²) in [5, 5.41) is 2.59. The molecule has 2 aromatic carbocycles. The minimum absolute atomic E-state index is 0.0176. The summed E-state index contributed by atoms with van der Waals surface area (Å²) in [6, 6.07) is 12.5. The summed E-state index contributed by atoms with van der Waals surface area (Å²) in [6.45, 7) is 1.66. The lowest BCUT2D eigenvalue weighted by atomic mass is 10.1. The molecule has 0 unspecified atom stereocenters. The summed E-state index contributed by atoms with van der Waals surface area (Å²) in [5.74, 6) is -0.678. The van der Waals surface area contributed by atoms with Crippen molar-refractivity contribution in [2.24, 2.45) is 0 Å². The molecule has 0 fully saturated rings. The number of carbonyl (C=O) groups is 3. The summed E-state index contributed by atoms with van der Waals surface area (Å²) in [6.07, 6.45) is 0.557. The van der Waals surface area contributed by atoms with E-state index in [0.717, 1.165) is 5.56 Å². The first-order chi connectivity index (χ1) is 13.4. The van der Waals surface area contributed by atoms with E-state index in [4.69, 9.17) is 9.47 Å². The Labute approximate surface area is 162 Å². The molecule has 0 aromatic heterocycles. The number of benzene rings is 2. The molecule has 0 heterocycles. The number of ether oxygens (including phenoxy) is 2. The van der Waals surface area contributed by atoms with Crippen LogP contribution in [0.2, 0.25) is 0 Å². The van der Waals surface area contributed by atoms with Gasteiger partial charge < -0.3 is 14.8 Å². The van der Waals surface area contributed by atoms with Crippen molar-refractivity contribution in [2.45, 2.75) is 26.3 Å². The van der Waals surface area contributed by atoms with Gasteiger partial charge in [0.05, 0.1) is 6.61 Å². The molecule has 7 heteroatoms. The molecule has 0 aliphatic heterocycles. The monoisotopic (exact) mass is 387 g/mol. The van der Waals surface area contributed by atoms with Crippen LogP contribution in [0, 0.1) is 5.82 Å². The minimum atomic E-state index is -0.493. The number of ketones is 1. The number of amides is 1. The van der Waals surface area contributed by atoms with E-state index in [1.54, 1.807) is 36.4 Å². The van der Waals surface area contributed by atoms with Crippen LogP contribution in [0.5, 0.6) is 5.75 Å². The Morgan fingerprint density at radius 1 is 1.00 bits per heavy atom. The van der Waals surface area contributed by atoms with Gasteiger partial charge in [-0.25, -0.2) is 4.39 Å². The Bertz CT molecular complexity index is 803. The van der Waals surface area contributed by atoms with Gasteiger partial charge in [0, 0.05) is 18.5 Å². The summed E-state index contributed by atoms with van der Waals surface area (Å²) in [5.41, 5.74) is 1.35. The van der Waals surface area contributed by atoms with Crippen LogP contribution in [0.4, 0.5) is 4.39 Å². The molecule has 6 nitrogen and oxygen atoms in total. The van der Waals surface area contributed by atoms with Crippen molar-refractivity contribution >= 4 is 17.7 Å². The van der Waals surface area contributed by atoms with E-state index in [-0.39, 0.29) is 31.2 Å². The lowest BCUT2D eigenvalue weighted by Crippen LogP contribution is -2.28. The number of Topliss-reactive ketones (excluding diaryl/α,β-unsaturated/α-hetero) is 1. The van der Waals surface area contributed by atoms with Crippen LogP contribution in [0.1, 0.15) is 35.7 Å². The van der Waals surface area contributed by atoms with Crippen molar-refractivity contribution < 1.29 is 28.2 Å². The van der Waals surface area contributed by atoms with Gasteiger partial charge in [0.2, 0.25) is 0 Å². The molecule has 1 N–H and O–H groups in total. The Hall–Kier alpha value is -3.22. The van der Waals surface area contributed by atoms with Crippen LogP contribution >= 0.6 is 0 Å². The average molecular weight is 387 g/mol. The molecule has 1 amide bonds. The summed E-state index contributed by atoms with van der Waals surface area (Å²) < 4.78 is 23.2. The summed E-state index contributed by atoms with van der Waals surface area (Å²) in [7, 11) is 0. The first kappa shape index (κ1) is 21.1. The van der Waals surface area contributed by atoms with E-state index >= 15 is 0 Å². The highest BCUT2D eigenvalue weighted by Crippen LogP contribution is 2.13. The Balaban J connectivity index is 1.57. The zero-order chi connectivity index (χ0) is 20.4. The number of esters is 1. The molecule has 0 radical (unpaired) electrons. The van der Waals surface area contributed by atoms with Crippen molar-refractivity contribution in [3.05, 3.63) is 65.5 Å². The van der Waals surface area contributed by atoms with E-state index in [1.807, 2.05) is 0 Å². The van der Waals surface area contributed by atoms with Gasteiger partial charge in [-0.15, -0.1) is 0 Å². The van der Waals surface area contributed by atoms with E-state index in [1.165, 1.54) is 19.1 Å². The third-order valence-electron chi connectivity index (χ3n) is 3.82. The molecule has 28 heavy (non-hydrogen) atoms. The zero-order valence-corrected chi connectivity index (χ0v) is 15.6. The third kappa shape index (κ3) is 7.57. The molecule has 0 saturated heterocycles. The topological polar surface area (TPSA) is 81.7 Å². The van der Waals surface area contributed by atoms with Gasteiger partial charge in [-0.2, -0.15) is 0 Å². The van der Waals surface area contributed by atoms with Crippen LogP contribution in [-0.2, 0) is 20.9 Å². The van der Waals surface area contributed by atoms with Gasteiger partial charge in [0.25, 0.3) is 5.91 Å². The molecule has 0 spiro atoms. The first-order valence-corrected chi connectivity index (χ1v) is 8.84. The largest absolute Gasteiger partial charge is 0.494 e. The Morgan fingerprint density at radius 3 is 2.32 bits per heavy atom. The van der Waals surface area contributed by atoms with Crippen LogP contribution in [-0.4, -0.2) is 30.9 Å². The van der Waals surface area contributed by atoms with Crippen molar-refractivity contribution in [3.8, 4) is 5.75 Å². The van der Waals surface area contributed by atoms with Crippen molar-refractivity contribution in [1.82, 2.24) is 5.32 Å². The number of halogens is 1. The molecule has 0 aliphatic rings. The Morgan fingerprint density at radius 2 is 1.68 bits per heavy atom. The molecule has 2 rings (SSSR count). The van der Waals surface area contributed by atoms with Crippen LogP contribution < -0.4 is 10.1 Å². The molecular formula is C21H22FNO5. The SMILES string of the molecule is CC(=O)c1ccc(OCCCC(=O)OCC(=O)NCc2ccc(F)cc2)cc1. The van der Waals surface area contributed by atoms with E-state index in [9.17, 15) is 18.8 Å². The zero-order valence-electron chi connectivity index (χ0n) is 15.6. The summed E-state index contributed by atoms with van der Waals surface area (Å²) in [4.78, 5) is 34.5. The summed E-state index contributed by atoms with van der Waals surface area (Å²) >= 11 is 0. The predicted octanol–water partition coefficient (Wildman–Crippen LogP) is 3.05. The smallest absolute Gasteiger partial charge is 0.306 e. The molecule has 2 aromatic rings. The van der Waals surface area contributed by atoms with E-state index in [2.05, 4.69) is 5.32 Å². The molecule has 0 bridgehead atoms. The third-order valence-corrected chi connectivity index (χ3v) is 3.82. The fourth-order valence-electron chi connectivity index (χ4n) is 2.26. The number of rotatable bonds is 10. The quantitative estimate of drug-likeness (QED) is 0.385. The van der Waals surface area contributed by atoms with Gasteiger partial charge >= 0.3 is 5.97 Å². The second kappa shape index (κ2) is 10.8. The maximum Gasteiger partial charge on any atom is 0.306 e. The maximum atomic E-state index is 12.8. The lowest BCUT2D eigenvalue weighted by molar-refractivity contribution is -0.148. The number of nitrogens with one attached hydrogen (secondary N) is 1. The molecule has 0 saturated carbocycles. The normalized spacial score (nSPS) is 10.2. The van der Waals surface area contributed by atoms with Gasteiger partial charge in [-0.3, -0.25) is 14.4 Å². The van der Waals surface area contributed by atoms with Gasteiger partial charge in [-0.1, -0.05) is 12.1 Å². The fraction of sp³-hybridized carbons (Fsp3) is 0.286. The highest BCUT2D eigenvalue weighted by Gasteiger charge is 2.08. The number of hydrogen-bond donors (Lipinski definition) is 1. The highest BCUT2D eigenvalue weighted by atomic mass is 19.1. The number of carbonyl (C=O) groups excluding carboxylic acids is 3. The van der Waals surface area contributed by atoms with Gasteiger partial charge in [0.15, 0.2) is 12.4 Å². The van der Waals surface area contributed by atoms with E-state index in [0.29, 0.717) is 24.3 Å². The van der Waals surface area contributed by atoms with Gasteiger partial charge in [-0.05, 0) is 55.3 Å². The molecule has 0 aliphatic carbocycles. The maximum absolute atomic E-state index is 12.8. The first-order valence-electron chi connectivity index (χ1n) is 8.84. The second-order valence-electron chi connectivity index (χ2n) is 6.10. The van der Waals surface area contributed by atoms with Crippen LogP contribution in [0.15, 0.2) is 48.5 Å². The molecule has 0 atom stereocenters. The molecule has 148 valence electrons. The second-order valence-corrected chi connectivity index (χ2v) is 6.10. The standard InChI is InChI=1S/C21H22FNO5/c1-15(24)17-6-10-19(11-7-17)27-12-2-3-21(26)28-14-20(25)23-13-16-4-8-18(22)9-5-16/h4-11H,2-3,12-14H2,1H3,(H,23,25).